The molecule has 2 aromatic carbocycles. The van der Waals surface area contributed by atoms with Crippen LogP contribution in [0.5, 0.6) is 0 Å². The van der Waals surface area contributed by atoms with Gasteiger partial charge in [0.25, 0.3) is 11.8 Å². The number of nitrogens with two attached hydrogens (primary N) is 1. The van der Waals surface area contributed by atoms with Gasteiger partial charge in [-0.1, -0.05) is 29.3 Å². The van der Waals surface area contributed by atoms with Crippen LogP contribution in [0, 0.1) is 5.41 Å². The Hall–Kier alpha value is -4.15. The van der Waals surface area contributed by atoms with Crippen LogP contribution >= 0.6 is 23.2 Å². The normalized spacial score (nSPS) is 10.3. The summed E-state index contributed by atoms with van der Waals surface area (Å²) in [6.45, 7) is -0.00981. The second-order valence-electron chi connectivity index (χ2n) is 7.46. The van der Waals surface area contributed by atoms with Gasteiger partial charge in [-0.15, -0.1) is 0 Å². The molecule has 12 heteroatoms. The van der Waals surface area contributed by atoms with Crippen LogP contribution in [0.4, 0.5) is 5.69 Å². The highest BCUT2D eigenvalue weighted by molar-refractivity contribution is 6.40. The quantitative estimate of drug-likeness (QED) is 0.142. The van der Waals surface area contributed by atoms with E-state index >= 15 is 0 Å². The van der Waals surface area contributed by atoms with E-state index in [0.29, 0.717) is 11.3 Å². The molecule has 0 saturated carbocycles. The smallest absolute Gasteiger partial charge is 0.254 e. The van der Waals surface area contributed by atoms with Crippen molar-refractivity contribution in [2.24, 2.45) is 5.73 Å². The van der Waals surface area contributed by atoms with Gasteiger partial charge < -0.3 is 27.0 Å². The average molecular weight is 528 g/mol. The zero-order valence-corrected chi connectivity index (χ0v) is 20.4. The van der Waals surface area contributed by atoms with E-state index in [-0.39, 0.29) is 41.2 Å². The van der Waals surface area contributed by atoms with Gasteiger partial charge in [-0.25, -0.2) is 0 Å². The predicted octanol–water partition coefficient (Wildman–Crippen LogP) is 2.64. The van der Waals surface area contributed by atoms with Gasteiger partial charge in [0.15, 0.2) is 5.96 Å². The highest BCUT2D eigenvalue weighted by atomic mass is 35.5. The molecule has 0 atom stereocenters. The molecule has 0 unspecified atom stereocenters. The lowest BCUT2D eigenvalue weighted by Gasteiger charge is -2.12. The summed E-state index contributed by atoms with van der Waals surface area (Å²) in [5.41, 5.74) is 7.79. The molecule has 0 fully saturated rings. The summed E-state index contributed by atoms with van der Waals surface area (Å²) in [6.07, 6.45) is 3.28. The Kier molecular flexibility index (Phi) is 9.20. The van der Waals surface area contributed by atoms with Gasteiger partial charge in [-0.2, -0.15) is 0 Å². The number of carbonyl (C=O) groups excluding carboxylic acids is 3. The Morgan fingerprint density at radius 1 is 0.861 bits per heavy atom. The first kappa shape index (κ1) is 26.5. The van der Waals surface area contributed by atoms with E-state index in [4.69, 9.17) is 34.3 Å². The Morgan fingerprint density at radius 2 is 1.53 bits per heavy atom. The van der Waals surface area contributed by atoms with E-state index in [1.807, 2.05) is 0 Å². The zero-order valence-electron chi connectivity index (χ0n) is 18.9. The minimum Gasteiger partial charge on any atom is -0.370 e. The second kappa shape index (κ2) is 12.5. The van der Waals surface area contributed by atoms with Crippen LogP contribution in [0.2, 0.25) is 10.0 Å². The Bertz CT molecular complexity index is 1260. The van der Waals surface area contributed by atoms with Crippen molar-refractivity contribution in [2.45, 2.75) is 0 Å². The van der Waals surface area contributed by atoms with Crippen LogP contribution in [-0.2, 0) is 4.79 Å². The number of guanidine groups is 1. The SMILES string of the molecule is N=C(N)Nc1cccc(C(=O)NCC(=O)NCCNC(=O)c2c(Cl)cc(-c3ccncc3)cc2Cl)c1. The second-order valence-corrected chi connectivity index (χ2v) is 8.27. The van der Waals surface area contributed by atoms with Crippen molar-refractivity contribution in [3.8, 4) is 11.1 Å². The lowest BCUT2D eigenvalue weighted by Crippen LogP contribution is -2.40. The number of pyridine rings is 1. The molecule has 1 heterocycles. The molecule has 3 amide bonds. The molecule has 7 N–H and O–H groups in total. The fraction of sp³-hybridized carbons (Fsp3) is 0.125. The number of halogens is 2. The van der Waals surface area contributed by atoms with Crippen molar-refractivity contribution in [1.29, 1.82) is 5.41 Å². The van der Waals surface area contributed by atoms with Gasteiger partial charge >= 0.3 is 0 Å². The summed E-state index contributed by atoms with van der Waals surface area (Å²) in [6, 6.07) is 13.2. The molecule has 3 rings (SSSR count). The highest BCUT2D eigenvalue weighted by Crippen LogP contribution is 2.31. The van der Waals surface area contributed by atoms with Crippen molar-refractivity contribution in [2.75, 3.05) is 25.0 Å². The summed E-state index contributed by atoms with van der Waals surface area (Å²) in [5, 5.41) is 18.0. The van der Waals surface area contributed by atoms with Crippen LogP contribution in [-0.4, -0.2) is 48.3 Å². The molecule has 0 aliphatic heterocycles. The third kappa shape index (κ3) is 7.42. The van der Waals surface area contributed by atoms with E-state index in [0.717, 1.165) is 11.1 Å². The van der Waals surface area contributed by atoms with Crippen molar-refractivity contribution < 1.29 is 14.4 Å². The standard InChI is InChI=1S/C24H23Cl2N7O3/c25-18-11-16(14-4-6-29-7-5-14)12-19(26)21(18)23(36)31-9-8-30-20(34)13-32-22(35)15-2-1-3-17(10-15)33-24(27)28/h1-7,10-12H,8-9,13H2,(H,30,34)(H,31,36)(H,32,35)(H4,27,28,33). The zero-order chi connectivity index (χ0) is 26.1. The monoisotopic (exact) mass is 527 g/mol. The fourth-order valence-electron chi connectivity index (χ4n) is 3.19. The summed E-state index contributed by atoms with van der Waals surface area (Å²) in [7, 11) is 0. The van der Waals surface area contributed by atoms with E-state index in [2.05, 4.69) is 26.3 Å². The first-order valence-corrected chi connectivity index (χ1v) is 11.4. The van der Waals surface area contributed by atoms with Crippen LogP contribution in [0.1, 0.15) is 20.7 Å². The lowest BCUT2D eigenvalue weighted by atomic mass is 10.0. The van der Waals surface area contributed by atoms with E-state index in [1.165, 1.54) is 6.07 Å². The van der Waals surface area contributed by atoms with E-state index < -0.39 is 17.7 Å². The van der Waals surface area contributed by atoms with Crippen LogP contribution in [0.3, 0.4) is 0 Å². The van der Waals surface area contributed by atoms with Crippen molar-refractivity contribution in [3.63, 3.8) is 0 Å². The first-order valence-electron chi connectivity index (χ1n) is 10.7. The molecule has 0 aliphatic carbocycles. The van der Waals surface area contributed by atoms with Gasteiger partial charge in [-0.05, 0) is 53.6 Å². The third-order valence-corrected chi connectivity index (χ3v) is 5.43. The Morgan fingerprint density at radius 3 is 2.19 bits per heavy atom. The number of aromatic nitrogens is 1. The molecular formula is C24H23Cl2N7O3. The minimum atomic E-state index is -0.479. The fourth-order valence-corrected chi connectivity index (χ4v) is 3.84. The maximum atomic E-state index is 12.6. The number of hydrogen-bond donors (Lipinski definition) is 6. The average Bonchev–Trinajstić information content (AvgIpc) is 2.85. The molecule has 10 nitrogen and oxygen atoms in total. The van der Waals surface area contributed by atoms with Crippen LogP contribution in [0.15, 0.2) is 60.9 Å². The topological polar surface area (TPSA) is 162 Å². The van der Waals surface area contributed by atoms with Crippen molar-refractivity contribution in [1.82, 2.24) is 20.9 Å². The van der Waals surface area contributed by atoms with Gasteiger partial charge in [0.05, 0.1) is 22.2 Å². The molecule has 0 spiro atoms. The number of carbonyl (C=O) groups is 3. The number of nitrogens with one attached hydrogen (secondary N) is 5. The van der Waals surface area contributed by atoms with E-state index in [1.54, 1.807) is 54.9 Å². The summed E-state index contributed by atoms with van der Waals surface area (Å²) < 4.78 is 0. The highest BCUT2D eigenvalue weighted by Gasteiger charge is 2.17. The van der Waals surface area contributed by atoms with Gasteiger partial charge in [0, 0.05) is 36.7 Å². The molecule has 36 heavy (non-hydrogen) atoms. The summed E-state index contributed by atoms with van der Waals surface area (Å²) in [4.78, 5) is 40.8. The maximum Gasteiger partial charge on any atom is 0.254 e. The summed E-state index contributed by atoms with van der Waals surface area (Å²) >= 11 is 12.6. The van der Waals surface area contributed by atoms with E-state index in [9.17, 15) is 14.4 Å². The molecule has 0 aliphatic rings. The number of rotatable bonds is 9. The van der Waals surface area contributed by atoms with Gasteiger partial charge in [-0.3, -0.25) is 24.8 Å². The first-order chi connectivity index (χ1) is 17.2. The Labute approximate surface area is 217 Å². The number of amides is 3. The van der Waals surface area contributed by atoms with Crippen molar-refractivity contribution >= 4 is 52.6 Å². The van der Waals surface area contributed by atoms with Crippen LogP contribution < -0.4 is 27.0 Å². The molecule has 0 radical (unpaired) electrons. The minimum absolute atomic E-state index is 0.121. The molecule has 1 aromatic heterocycles. The van der Waals surface area contributed by atoms with Crippen LogP contribution in [0.25, 0.3) is 11.1 Å². The molecule has 0 saturated heterocycles. The molecule has 186 valence electrons. The number of benzene rings is 2. The largest absolute Gasteiger partial charge is 0.370 e. The number of anilines is 1. The third-order valence-electron chi connectivity index (χ3n) is 4.83. The maximum absolute atomic E-state index is 12.6. The van der Waals surface area contributed by atoms with Gasteiger partial charge in [0.2, 0.25) is 5.91 Å². The molecular weight excluding hydrogens is 505 g/mol. The van der Waals surface area contributed by atoms with Gasteiger partial charge in [0.1, 0.15) is 0 Å². The lowest BCUT2D eigenvalue weighted by molar-refractivity contribution is -0.120. The number of hydrogen-bond acceptors (Lipinski definition) is 5. The van der Waals surface area contributed by atoms with Crippen molar-refractivity contribution in [3.05, 3.63) is 82.1 Å². The number of nitrogens with zero attached hydrogens (tertiary/aromatic N) is 1. The molecule has 0 bridgehead atoms. The molecule has 3 aromatic rings. The Balaban J connectivity index is 1.44. The summed E-state index contributed by atoms with van der Waals surface area (Å²) in [5.74, 6) is -1.64. The predicted molar refractivity (Wildman–Crippen MR) is 139 cm³/mol.